The van der Waals surface area contributed by atoms with Crippen molar-refractivity contribution in [2.24, 2.45) is 0 Å². The van der Waals surface area contributed by atoms with Gasteiger partial charge in [-0.3, -0.25) is 4.79 Å². The molecule has 0 saturated heterocycles. The van der Waals surface area contributed by atoms with Crippen molar-refractivity contribution in [3.63, 3.8) is 0 Å². The van der Waals surface area contributed by atoms with Gasteiger partial charge < -0.3 is 15.0 Å². The maximum atomic E-state index is 11.9. The number of hydrogen-bond acceptors (Lipinski definition) is 2. The summed E-state index contributed by atoms with van der Waals surface area (Å²) in [4.78, 5) is 15.1. The molecule has 0 unspecified atom stereocenters. The van der Waals surface area contributed by atoms with E-state index in [9.17, 15) is 4.79 Å². The first-order valence-electron chi connectivity index (χ1n) is 8.15. The number of aromatic amines is 1. The predicted octanol–water partition coefficient (Wildman–Crippen LogP) is 3.52. The molecule has 0 aliphatic heterocycles. The zero-order valence-electron chi connectivity index (χ0n) is 14.1. The summed E-state index contributed by atoms with van der Waals surface area (Å²) >= 11 is 0. The molecule has 2 N–H and O–H groups in total. The molecule has 0 atom stereocenters. The highest BCUT2D eigenvalue weighted by Crippen LogP contribution is 2.20. The highest BCUT2D eigenvalue weighted by atomic mass is 16.5. The SMILES string of the molecule is Cc1cccc(OCC(=O)NCCc2ccc3[nH]ccc3c2)c1C. The van der Waals surface area contributed by atoms with E-state index in [-0.39, 0.29) is 12.5 Å². The summed E-state index contributed by atoms with van der Waals surface area (Å²) in [7, 11) is 0. The van der Waals surface area contributed by atoms with E-state index in [2.05, 4.69) is 34.6 Å². The van der Waals surface area contributed by atoms with Crippen LogP contribution in [0.15, 0.2) is 48.7 Å². The molecular formula is C20H22N2O2. The van der Waals surface area contributed by atoms with Crippen LogP contribution in [0.4, 0.5) is 0 Å². The van der Waals surface area contributed by atoms with Gasteiger partial charge in [0.05, 0.1) is 0 Å². The molecule has 4 nitrogen and oxygen atoms in total. The van der Waals surface area contributed by atoms with Crippen molar-refractivity contribution in [2.45, 2.75) is 20.3 Å². The molecule has 0 spiro atoms. The number of benzene rings is 2. The molecule has 0 radical (unpaired) electrons. The van der Waals surface area contributed by atoms with Crippen molar-refractivity contribution in [3.8, 4) is 5.75 Å². The van der Waals surface area contributed by atoms with Gasteiger partial charge in [0, 0.05) is 18.3 Å². The fraction of sp³-hybridized carbons (Fsp3) is 0.250. The Hall–Kier alpha value is -2.75. The second kappa shape index (κ2) is 7.21. The van der Waals surface area contributed by atoms with Gasteiger partial charge in [-0.25, -0.2) is 0 Å². The lowest BCUT2D eigenvalue weighted by atomic mass is 10.1. The molecule has 24 heavy (non-hydrogen) atoms. The van der Waals surface area contributed by atoms with Crippen molar-refractivity contribution < 1.29 is 9.53 Å². The van der Waals surface area contributed by atoms with Gasteiger partial charge in [0.1, 0.15) is 5.75 Å². The number of ether oxygens (including phenoxy) is 1. The molecule has 3 rings (SSSR count). The number of fused-ring (bicyclic) bond motifs is 1. The number of carbonyl (C=O) groups is 1. The second-order valence-electron chi connectivity index (χ2n) is 5.99. The van der Waals surface area contributed by atoms with E-state index < -0.39 is 0 Å². The van der Waals surface area contributed by atoms with E-state index in [0.717, 1.165) is 28.8 Å². The van der Waals surface area contributed by atoms with Gasteiger partial charge in [0.2, 0.25) is 0 Å². The quantitative estimate of drug-likeness (QED) is 0.729. The van der Waals surface area contributed by atoms with E-state index in [1.165, 1.54) is 10.9 Å². The van der Waals surface area contributed by atoms with Gasteiger partial charge in [0.25, 0.3) is 5.91 Å². The van der Waals surface area contributed by atoms with Gasteiger partial charge in [-0.2, -0.15) is 0 Å². The number of aryl methyl sites for hydroxylation is 1. The van der Waals surface area contributed by atoms with Crippen LogP contribution in [-0.4, -0.2) is 24.0 Å². The summed E-state index contributed by atoms with van der Waals surface area (Å²) in [5, 5.41) is 4.10. The van der Waals surface area contributed by atoms with Crippen LogP contribution in [-0.2, 0) is 11.2 Å². The minimum Gasteiger partial charge on any atom is -0.483 e. The lowest BCUT2D eigenvalue weighted by Gasteiger charge is -2.11. The number of carbonyl (C=O) groups excluding carboxylic acids is 1. The van der Waals surface area contributed by atoms with E-state index in [4.69, 9.17) is 4.74 Å². The molecular weight excluding hydrogens is 300 g/mol. The van der Waals surface area contributed by atoms with E-state index in [1.54, 1.807) is 0 Å². The van der Waals surface area contributed by atoms with Crippen LogP contribution >= 0.6 is 0 Å². The van der Waals surface area contributed by atoms with Crippen LogP contribution in [0.25, 0.3) is 10.9 Å². The lowest BCUT2D eigenvalue weighted by Crippen LogP contribution is -2.30. The van der Waals surface area contributed by atoms with Gasteiger partial charge in [-0.1, -0.05) is 18.2 Å². The summed E-state index contributed by atoms with van der Waals surface area (Å²) in [6.07, 6.45) is 2.73. The highest BCUT2D eigenvalue weighted by molar-refractivity contribution is 5.80. The summed E-state index contributed by atoms with van der Waals surface area (Å²) in [5.41, 5.74) is 4.57. The molecule has 0 aliphatic carbocycles. The van der Waals surface area contributed by atoms with Crippen molar-refractivity contribution in [1.82, 2.24) is 10.3 Å². The van der Waals surface area contributed by atoms with E-state index in [1.807, 2.05) is 38.2 Å². The summed E-state index contributed by atoms with van der Waals surface area (Å²) in [5.74, 6) is 0.668. The average molecular weight is 322 g/mol. The van der Waals surface area contributed by atoms with Crippen molar-refractivity contribution in [3.05, 3.63) is 65.4 Å². The standard InChI is InChI=1S/C20H22N2O2/c1-14-4-3-5-19(15(14)2)24-13-20(23)22-10-8-16-6-7-18-17(12-16)9-11-21-18/h3-7,9,11-12,21H,8,10,13H2,1-2H3,(H,22,23). The number of hydrogen-bond donors (Lipinski definition) is 2. The Morgan fingerprint density at radius 2 is 2.04 bits per heavy atom. The first kappa shape index (κ1) is 16.1. The fourth-order valence-electron chi connectivity index (χ4n) is 2.68. The minimum absolute atomic E-state index is 0.0428. The van der Waals surface area contributed by atoms with Crippen molar-refractivity contribution in [1.29, 1.82) is 0 Å². The summed E-state index contributed by atoms with van der Waals surface area (Å²) in [6, 6.07) is 14.2. The number of H-pyrrole nitrogens is 1. The highest BCUT2D eigenvalue weighted by Gasteiger charge is 2.06. The number of aromatic nitrogens is 1. The minimum atomic E-state index is -0.0985. The third-order valence-electron chi connectivity index (χ3n) is 4.27. The molecule has 0 bridgehead atoms. The average Bonchev–Trinajstić information content (AvgIpc) is 3.04. The molecule has 1 heterocycles. The zero-order valence-corrected chi connectivity index (χ0v) is 14.1. The van der Waals surface area contributed by atoms with Crippen LogP contribution in [0.5, 0.6) is 5.75 Å². The van der Waals surface area contributed by atoms with Crippen LogP contribution < -0.4 is 10.1 Å². The molecule has 0 saturated carbocycles. The van der Waals surface area contributed by atoms with Crippen LogP contribution in [0.1, 0.15) is 16.7 Å². The molecule has 1 aromatic heterocycles. The maximum Gasteiger partial charge on any atom is 0.257 e. The fourth-order valence-corrected chi connectivity index (χ4v) is 2.68. The van der Waals surface area contributed by atoms with Gasteiger partial charge in [-0.05, 0) is 66.6 Å². The molecule has 124 valence electrons. The van der Waals surface area contributed by atoms with Crippen molar-refractivity contribution in [2.75, 3.05) is 13.2 Å². The summed E-state index contributed by atoms with van der Waals surface area (Å²) < 4.78 is 5.61. The van der Waals surface area contributed by atoms with Gasteiger partial charge in [0.15, 0.2) is 6.61 Å². The monoisotopic (exact) mass is 322 g/mol. The topological polar surface area (TPSA) is 54.1 Å². The first-order valence-corrected chi connectivity index (χ1v) is 8.15. The van der Waals surface area contributed by atoms with Crippen LogP contribution in [0.2, 0.25) is 0 Å². The number of amides is 1. The second-order valence-corrected chi connectivity index (χ2v) is 5.99. The Kier molecular flexibility index (Phi) is 4.85. The molecule has 0 aliphatic rings. The number of rotatable bonds is 6. The van der Waals surface area contributed by atoms with Crippen molar-refractivity contribution >= 4 is 16.8 Å². The zero-order chi connectivity index (χ0) is 16.9. The predicted molar refractivity (Wildman–Crippen MR) is 96.4 cm³/mol. The van der Waals surface area contributed by atoms with Gasteiger partial charge >= 0.3 is 0 Å². The Bertz CT molecular complexity index is 852. The normalized spacial score (nSPS) is 10.8. The Morgan fingerprint density at radius 1 is 1.17 bits per heavy atom. The smallest absolute Gasteiger partial charge is 0.257 e. The Labute approximate surface area is 141 Å². The lowest BCUT2D eigenvalue weighted by molar-refractivity contribution is -0.123. The largest absolute Gasteiger partial charge is 0.483 e. The number of nitrogens with one attached hydrogen (secondary N) is 2. The third kappa shape index (κ3) is 3.77. The van der Waals surface area contributed by atoms with E-state index in [0.29, 0.717) is 6.54 Å². The van der Waals surface area contributed by atoms with Crippen LogP contribution in [0.3, 0.4) is 0 Å². The molecule has 2 aromatic carbocycles. The first-order chi connectivity index (χ1) is 11.6. The van der Waals surface area contributed by atoms with Crippen LogP contribution in [0, 0.1) is 13.8 Å². The molecule has 1 amide bonds. The third-order valence-corrected chi connectivity index (χ3v) is 4.27. The molecule has 4 heteroatoms. The summed E-state index contributed by atoms with van der Waals surface area (Å²) in [6.45, 7) is 4.68. The molecule has 0 fully saturated rings. The van der Waals surface area contributed by atoms with E-state index >= 15 is 0 Å². The van der Waals surface area contributed by atoms with Gasteiger partial charge in [-0.15, -0.1) is 0 Å². The molecule has 3 aromatic rings. The Morgan fingerprint density at radius 3 is 2.92 bits per heavy atom. The Balaban J connectivity index is 1.46. The maximum absolute atomic E-state index is 11.9.